The van der Waals surface area contributed by atoms with Gasteiger partial charge >= 0.3 is 0 Å². The van der Waals surface area contributed by atoms with Gasteiger partial charge in [0.05, 0.1) is 26.5 Å². The summed E-state index contributed by atoms with van der Waals surface area (Å²) in [6.07, 6.45) is 0.984. The molecule has 0 saturated heterocycles. The fourth-order valence-electron chi connectivity index (χ4n) is 2.92. The van der Waals surface area contributed by atoms with Gasteiger partial charge in [-0.15, -0.1) is 0 Å². The SMILES string of the molecule is COc1ccc(NC(=O)CN2CCCn3nc(C)cc32)cc1OC. The summed E-state index contributed by atoms with van der Waals surface area (Å²) in [4.78, 5) is 14.5. The van der Waals surface area contributed by atoms with Crippen molar-refractivity contribution in [3.8, 4) is 11.5 Å². The molecule has 0 unspecified atom stereocenters. The molecule has 1 amide bonds. The van der Waals surface area contributed by atoms with E-state index < -0.39 is 0 Å². The monoisotopic (exact) mass is 330 g/mol. The van der Waals surface area contributed by atoms with Crippen molar-refractivity contribution in [1.29, 1.82) is 0 Å². The number of amides is 1. The van der Waals surface area contributed by atoms with Gasteiger partial charge in [0.2, 0.25) is 5.91 Å². The van der Waals surface area contributed by atoms with Crippen molar-refractivity contribution in [2.24, 2.45) is 0 Å². The Balaban J connectivity index is 1.68. The van der Waals surface area contributed by atoms with Crippen molar-refractivity contribution in [3.05, 3.63) is 30.0 Å². The third-order valence-corrected chi connectivity index (χ3v) is 4.00. The van der Waals surface area contributed by atoms with Crippen molar-refractivity contribution in [2.75, 3.05) is 37.5 Å². The Bertz CT molecular complexity index is 741. The number of aryl methyl sites for hydroxylation is 2. The highest BCUT2D eigenvalue weighted by atomic mass is 16.5. The van der Waals surface area contributed by atoms with Crippen LogP contribution in [-0.2, 0) is 11.3 Å². The normalized spacial score (nSPS) is 13.4. The zero-order chi connectivity index (χ0) is 17.1. The zero-order valence-electron chi connectivity index (χ0n) is 14.2. The summed E-state index contributed by atoms with van der Waals surface area (Å²) in [5, 5.41) is 7.35. The van der Waals surface area contributed by atoms with Gasteiger partial charge in [0.15, 0.2) is 11.5 Å². The fourth-order valence-corrected chi connectivity index (χ4v) is 2.92. The van der Waals surface area contributed by atoms with Crippen LogP contribution in [-0.4, -0.2) is 43.0 Å². The molecule has 0 radical (unpaired) electrons. The number of anilines is 2. The number of methoxy groups -OCH3 is 2. The number of benzene rings is 1. The summed E-state index contributed by atoms with van der Waals surface area (Å²) in [5.41, 5.74) is 1.65. The van der Waals surface area contributed by atoms with Crippen LogP contribution in [0.1, 0.15) is 12.1 Å². The molecular formula is C17H22N4O3. The van der Waals surface area contributed by atoms with E-state index in [2.05, 4.69) is 15.3 Å². The lowest BCUT2D eigenvalue weighted by molar-refractivity contribution is -0.115. The van der Waals surface area contributed by atoms with Gasteiger partial charge in [0.1, 0.15) is 5.82 Å². The maximum absolute atomic E-state index is 12.4. The van der Waals surface area contributed by atoms with Gasteiger partial charge in [-0.05, 0) is 25.5 Å². The van der Waals surface area contributed by atoms with Crippen molar-refractivity contribution < 1.29 is 14.3 Å². The summed E-state index contributed by atoms with van der Waals surface area (Å²) in [5.74, 6) is 2.14. The maximum atomic E-state index is 12.4. The van der Waals surface area contributed by atoms with Gasteiger partial charge in [0, 0.05) is 30.9 Å². The Morgan fingerprint density at radius 2 is 2.00 bits per heavy atom. The zero-order valence-corrected chi connectivity index (χ0v) is 14.2. The molecule has 2 aromatic rings. The highest BCUT2D eigenvalue weighted by Gasteiger charge is 2.20. The van der Waals surface area contributed by atoms with Crippen LogP contribution in [0.25, 0.3) is 0 Å². The summed E-state index contributed by atoms with van der Waals surface area (Å²) in [6, 6.07) is 7.34. The average Bonchev–Trinajstić information content (AvgIpc) is 2.96. The average molecular weight is 330 g/mol. The van der Waals surface area contributed by atoms with Crippen LogP contribution < -0.4 is 19.7 Å². The molecule has 1 N–H and O–H groups in total. The second kappa shape index (κ2) is 6.82. The molecular weight excluding hydrogens is 308 g/mol. The van der Waals surface area contributed by atoms with E-state index in [4.69, 9.17) is 9.47 Å². The Morgan fingerprint density at radius 3 is 2.75 bits per heavy atom. The Morgan fingerprint density at radius 1 is 1.21 bits per heavy atom. The number of nitrogens with one attached hydrogen (secondary N) is 1. The lowest BCUT2D eigenvalue weighted by Crippen LogP contribution is -2.38. The van der Waals surface area contributed by atoms with E-state index in [-0.39, 0.29) is 5.91 Å². The molecule has 0 fully saturated rings. The van der Waals surface area contributed by atoms with Crippen LogP contribution in [0.5, 0.6) is 11.5 Å². The number of rotatable bonds is 5. The number of nitrogens with zero attached hydrogens (tertiary/aromatic N) is 3. The number of aromatic nitrogens is 2. The van der Waals surface area contributed by atoms with E-state index >= 15 is 0 Å². The van der Waals surface area contributed by atoms with Crippen LogP contribution in [0.3, 0.4) is 0 Å². The van der Waals surface area contributed by atoms with Crippen LogP contribution in [0, 0.1) is 6.92 Å². The van der Waals surface area contributed by atoms with E-state index in [1.54, 1.807) is 32.4 Å². The van der Waals surface area contributed by atoms with E-state index in [9.17, 15) is 4.79 Å². The van der Waals surface area contributed by atoms with E-state index in [0.717, 1.165) is 31.0 Å². The van der Waals surface area contributed by atoms with Gasteiger partial charge in [-0.2, -0.15) is 5.10 Å². The summed E-state index contributed by atoms with van der Waals surface area (Å²) < 4.78 is 12.4. The van der Waals surface area contributed by atoms with Crippen LogP contribution in [0.2, 0.25) is 0 Å². The van der Waals surface area contributed by atoms with Crippen molar-refractivity contribution in [2.45, 2.75) is 19.9 Å². The molecule has 1 aliphatic heterocycles. The number of hydrogen-bond donors (Lipinski definition) is 1. The second-order valence-corrected chi connectivity index (χ2v) is 5.76. The Labute approximate surface area is 141 Å². The predicted molar refractivity (Wildman–Crippen MR) is 92.0 cm³/mol. The fraction of sp³-hybridized carbons (Fsp3) is 0.412. The minimum Gasteiger partial charge on any atom is -0.493 e. The van der Waals surface area contributed by atoms with E-state index in [1.807, 2.05) is 17.7 Å². The molecule has 0 saturated carbocycles. The first-order chi connectivity index (χ1) is 11.6. The highest BCUT2D eigenvalue weighted by Crippen LogP contribution is 2.29. The highest BCUT2D eigenvalue weighted by molar-refractivity contribution is 5.94. The number of ether oxygens (including phenoxy) is 2. The molecule has 2 heterocycles. The lowest BCUT2D eigenvalue weighted by atomic mass is 10.2. The van der Waals surface area contributed by atoms with E-state index in [1.165, 1.54) is 0 Å². The molecule has 7 nitrogen and oxygen atoms in total. The molecule has 1 aromatic carbocycles. The summed E-state index contributed by atoms with van der Waals surface area (Å²) in [6.45, 7) is 4.01. The van der Waals surface area contributed by atoms with Gasteiger partial charge < -0.3 is 19.7 Å². The quantitative estimate of drug-likeness (QED) is 0.909. The van der Waals surface area contributed by atoms with Crippen LogP contribution >= 0.6 is 0 Å². The minimum absolute atomic E-state index is 0.0745. The topological polar surface area (TPSA) is 68.6 Å². The minimum atomic E-state index is -0.0745. The molecule has 0 bridgehead atoms. The summed E-state index contributed by atoms with van der Waals surface area (Å²) >= 11 is 0. The number of carbonyl (C=O) groups is 1. The Hall–Kier alpha value is -2.70. The molecule has 0 atom stereocenters. The number of hydrogen-bond acceptors (Lipinski definition) is 5. The molecule has 3 rings (SSSR count). The molecule has 0 aliphatic carbocycles. The third kappa shape index (κ3) is 3.29. The third-order valence-electron chi connectivity index (χ3n) is 4.00. The largest absolute Gasteiger partial charge is 0.493 e. The Kier molecular flexibility index (Phi) is 4.59. The predicted octanol–water partition coefficient (Wildman–Crippen LogP) is 2.06. The van der Waals surface area contributed by atoms with Gasteiger partial charge in [-0.1, -0.05) is 0 Å². The first-order valence-corrected chi connectivity index (χ1v) is 7.92. The maximum Gasteiger partial charge on any atom is 0.243 e. The second-order valence-electron chi connectivity index (χ2n) is 5.76. The molecule has 1 aliphatic rings. The number of carbonyl (C=O) groups excluding carboxylic acids is 1. The van der Waals surface area contributed by atoms with Crippen molar-refractivity contribution in [3.63, 3.8) is 0 Å². The molecule has 7 heteroatoms. The number of fused-ring (bicyclic) bond motifs is 1. The summed E-state index contributed by atoms with van der Waals surface area (Å²) in [7, 11) is 3.15. The van der Waals surface area contributed by atoms with Gasteiger partial charge in [0.25, 0.3) is 0 Å². The van der Waals surface area contributed by atoms with Gasteiger partial charge in [-0.3, -0.25) is 4.79 Å². The first kappa shape index (κ1) is 16.2. The standard InChI is InChI=1S/C17H22N4O3/c1-12-9-17-20(7-4-8-21(17)19-12)11-16(22)18-13-5-6-14(23-2)15(10-13)24-3/h5-6,9-10H,4,7-8,11H2,1-3H3,(H,18,22). The lowest BCUT2D eigenvalue weighted by Gasteiger charge is -2.28. The van der Waals surface area contributed by atoms with E-state index in [0.29, 0.717) is 23.7 Å². The van der Waals surface area contributed by atoms with Crippen molar-refractivity contribution >= 4 is 17.4 Å². The van der Waals surface area contributed by atoms with Crippen LogP contribution in [0.15, 0.2) is 24.3 Å². The molecule has 24 heavy (non-hydrogen) atoms. The van der Waals surface area contributed by atoms with Gasteiger partial charge in [-0.25, -0.2) is 4.68 Å². The molecule has 0 spiro atoms. The van der Waals surface area contributed by atoms with Crippen LogP contribution in [0.4, 0.5) is 11.5 Å². The smallest absolute Gasteiger partial charge is 0.243 e. The molecule has 1 aromatic heterocycles. The van der Waals surface area contributed by atoms with Crippen molar-refractivity contribution in [1.82, 2.24) is 9.78 Å². The molecule has 128 valence electrons. The first-order valence-electron chi connectivity index (χ1n) is 7.92.